The van der Waals surface area contributed by atoms with Gasteiger partial charge < -0.3 is 5.32 Å². The summed E-state index contributed by atoms with van der Waals surface area (Å²) in [5.41, 5.74) is 1.33. The van der Waals surface area contributed by atoms with Gasteiger partial charge in [-0.3, -0.25) is 9.48 Å². The maximum Gasteiger partial charge on any atom is 0.273 e. The number of amides is 1. The topological polar surface area (TPSA) is 46.9 Å². The van der Waals surface area contributed by atoms with E-state index < -0.39 is 0 Å². The van der Waals surface area contributed by atoms with Crippen molar-refractivity contribution in [3.8, 4) is 12.3 Å². The predicted octanol–water partition coefficient (Wildman–Crippen LogP) is 1.32. The Labute approximate surface area is 99.6 Å². The molecule has 4 nitrogen and oxygen atoms in total. The average molecular weight is 227 g/mol. The first-order valence-corrected chi connectivity index (χ1v) is 5.32. The van der Waals surface area contributed by atoms with Gasteiger partial charge in [0, 0.05) is 12.4 Å². The van der Waals surface area contributed by atoms with Gasteiger partial charge in [0.2, 0.25) is 0 Å². The zero-order chi connectivity index (χ0) is 12.4. The zero-order valence-corrected chi connectivity index (χ0v) is 9.77. The molecule has 1 unspecified atom stereocenters. The minimum atomic E-state index is -0.303. The van der Waals surface area contributed by atoms with Crippen LogP contribution in [0.4, 0.5) is 0 Å². The van der Waals surface area contributed by atoms with E-state index in [0.717, 1.165) is 10.9 Å². The highest BCUT2D eigenvalue weighted by molar-refractivity contribution is 6.05. The molecule has 0 aliphatic heterocycles. The zero-order valence-electron chi connectivity index (χ0n) is 9.77. The van der Waals surface area contributed by atoms with Crippen LogP contribution in [0.1, 0.15) is 17.4 Å². The van der Waals surface area contributed by atoms with Crippen molar-refractivity contribution in [1.82, 2.24) is 15.1 Å². The third-order valence-electron chi connectivity index (χ3n) is 2.57. The Balaban J connectivity index is 2.43. The summed E-state index contributed by atoms with van der Waals surface area (Å²) >= 11 is 0. The Kier molecular flexibility index (Phi) is 2.84. The van der Waals surface area contributed by atoms with E-state index in [4.69, 9.17) is 6.42 Å². The summed E-state index contributed by atoms with van der Waals surface area (Å²) < 4.78 is 1.69. The summed E-state index contributed by atoms with van der Waals surface area (Å²) in [5, 5.41) is 7.74. The van der Waals surface area contributed by atoms with E-state index in [9.17, 15) is 4.79 Å². The summed E-state index contributed by atoms with van der Waals surface area (Å²) in [7, 11) is 1.81. The smallest absolute Gasteiger partial charge is 0.273 e. The number of aryl methyl sites for hydroxylation is 1. The molecule has 0 aliphatic carbocycles. The van der Waals surface area contributed by atoms with Gasteiger partial charge in [-0.25, -0.2) is 0 Å². The fraction of sp³-hybridized carbons (Fsp3) is 0.231. The van der Waals surface area contributed by atoms with Crippen molar-refractivity contribution in [2.45, 2.75) is 13.0 Å². The second-order valence-electron chi connectivity index (χ2n) is 3.85. The molecule has 1 amide bonds. The molecule has 1 aromatic heterocycles. The van der Waals surface area contributed by atoms with E-state index in [1.807, 2.05) is 31.3 Å². The summed E-state index contributed by atoms with van der Waals surface area (Å²) in [4.78, 5) is 12.0. The molecule has 1 heterocycles. The van der Waals surface area contributed by atoms with E-state index in [1.54, 1.807) is 11.6 Å². The number of benzene rings is 1. The monoisotopic (exact) mass is 227 g/mol. The first kappa shape index (κ1) is 11.2. The van der Waals surface area contributed by atoms with Crippen LogP contribution in [0, 0.1) is 12.3 Å². The lowest BCUT2D eigenvalue weighted by Gasteiger charge is -2.05. The van der Waals surface area contributed by atoms with Crippen molar-refractivity contribution in [3.05, 3.63) is 30.0 Å². The molecule has 0 saturated carbocycles. The Morgan fingerprint density at radius 1 is 1.53 bits per heavy atom. The normalized spacial score (nSPS) is 12.1. The molecule has 1 atom stereocenters. The number of terminal acetylenes is 1. The second kappa shape index (κ2) is 4.30. The summed E-state index contributed by atoms with van der Waals surface area (Å²) in [6, 6.07) is 7.28. The number of fused-ring (bicyclic) bond motifs is 1. The molecule has 0 fully saturated rings. The van der Waals surface area contributed by atoms with Crippen molar-refractivity contribution in [1.29, 1.82) is 0 Å². The standard InChI is InChI=1S/C13H13N3O/c1-4-9(2)14-13(17)12-10-7-5-6-8-11(10)16(3)15-12/h1,5-9H,2-3H3,(H,14,17). The Bertz CT molecular complexity index is 607. The lowest BCUT2D eigenvalue weighted by atomic mass is 10.2. The molecule has 86 valence electrons. The number of hydrogen-bond donors (Lipinski definition) is 1. The van der Waals surface area contributed by atoms with Crippen LogP contribution in [-0.4, -0.2) is 21.7 Å². The van der Waals surface area contributed by atoms with Crippen molar-refractivity contribution >= 4 is 16.8 Å². The summed E-state index contributed by atoms with van der Waals surface area (Å²) in [6.45, 7) is 1.75. The van der Waals surface area contributed by atoms with Crippen LogP contribution in [0.2, 0.25) is 0 Å². The quantitative estimate of drug-likeness (QED) is 0.787. The van der Waals surface area contributed by atoms with Crippen LogP contribution in [-0.2, 0) is 7.05 Å². The number of nitrogens with one attached hydrogen (secondary N) is 1. The van der Waals surface area contributed by atoms with E-state index in [2.05, 4.69) is 16.3 Å². The number of nitrogens with zero attached hydrogens (tertiary/aromatic N) is 2. The maximum atomic E-state index is 12.0. The summed E-state index contributed by atoms with van der Waals surface area (Å²) in [6.07, 6.45) is 5.23. The van der Waals surface area contributed by atoms with Crippen molar-refractivity contribution in [2.75, 3.05) is 0 Å². The number of carbonyl (C=O) groups is 1. The third-order valence-corrected chi connectivity index (χ3v) is 2.57. The predicted molar refractivity (Wildman–Crippen MR) is 66.5 cm³/mol. The molecule has 2 aromatic rings. The Morgan fingerprint density at radius 3 is 2.94 bits per heavy atom. The van der Waals surface area contributed by atoms with Crippen LogP contribution in [0.25, 0.3) is 10.9 Å². The molecule has 0 bridgehead atoms. The van der Waals surface area contributed by atoms with Gasteiger partial charge in [-0.15, -0.1) is 6.42 Å². The van der Waals surface area contributed by atoms with Crippen molar-refractivity contribution in [3.63, 3.8) is 0 Å². The van der Waals surface area contributed by atoms with Gasteiger partial charge in [-0.05, 0) is 13.0 Å². The highest BCUT2D eigenvalue weighted by atomic mass is 16.2. The molecule has 0 radical (unpaired) electrons. The minimum absolute atomic E-state index is 0.243. The van der Waals surface area contributed by atoms with E-state index in [0.29, 0.717) is 5.69 Å². The summed E-state index contributed by atoms with van der Waals surface area (Å²) in [5.74, 6) is 2.21. The molecular formula is C13H13N3O. The number of carbonyl (C=O) groups excluding carboxylic acids is 1. The molecule has 1 N–H and O–H groups in total. The Hall–Kier alpha value is -2.28. The fourth-order valence-corrected chi connectivity index (χ4v) is 1.69. The number of aromatic nitrogens is 2. The average Bonchev–Trinajstić information content (AvgIpc) is 2.67. The van der Waals surface area contributed by atoms with Gasteiger partial charge in [-0.1, -0.05) is 24.1 Å². The van der Waals surface area contributed by atoms with Gasteiger partial charge in [0.05, 0.1) is 11.6 Å². The number of hydrogen-bond acceptors (Lipinski definition) is 2. The first-order valence-electron chi connectivity index (χ1n) is 5.32. The van der Waals surface area contributed by atoms with E-state index in [1.165, 1.54) is 0 Å². The highest BCUT2D eigenvalue weighted by Crippen LogP contribution is 2.17. The molecule has 0 aliphatic rings. The highest BCUT2D eigenvalue weighted by Gasteiger charge is 2.16. The molecule has 17 heavy (non-hydrogen) atoms. The van der Waals surface area contributed by atoms with Crippen LogP contribution in [0.5, 0.6) is 0 Å². The van der Waals surface area contributed by atoms with E-state index >= 15 is 0 Å². The largest absolute Gasteiger partial charge is 0.337 e. The molecule has 0 saturated heterocycles. The molecule has 4 heteroatoms. The second-order valence-corrected chi connectivity index (χ2v) is 3.85. The fourth-order valence-electron chi connectivity index (χ4n) is 1.69. The van der Waals surface area contributed by atoms with Gasteiger partial charge >= 0.3 is 0 Å². The lowest BCUT2D eigenvalue weighted by Crippen LogP contribution is -2.31. The van der Waals surface area contributed by atoms with Crippen molar-refractivity contribution in [2.24, 2.45) is 7.05 Å². The van der Waals surface area contributed by atoms with Crippen LogP contribution in [0.15, 0.2) is 24.3 Å². The van der Waals surface area contributed by atoms with Crippen LogP contribution < -0.4 is 5.32 Å². The van der Waals surface area contributed by atoms with Crippen LogP contribution >= 0.6 is 0 Å². The Morgan fingerprint density at radius 2 is 2.24 bits per heavy atom. The molecule has 0 spiro atoms. The first-order chi connectivity index (χ1) is 8.13. The third kappa shape index (κ3) is 2.00. The minimum Gasteiger partial charge on any atom is -0.337 e. The molecular weight excluding hydrogens is 214 g/mol. The lowest BCUT2D eigenvalue weighted by molar-refractivity contribution is 0.0944. The SMILES string of the molecule is C#CC(C)NC(=O)c1nn(C)c2ccccc12. The van der Waals surface area contributed by atoms with Crippen molar-refractivity contribution < 1.29 is 4.79 Å². The van der Waals surface area contributed by atoms with Gasteiger partial charge in [0.1, 0.15) is 0 Å². The molecule has 1 aromatic carbocycles. The molecule has 2 rings (SSSR count). The van der Waals surface area contributed by atoms with Gasteiger partial charge in [0.15, 0.2) is 5.69 Å². The van der Waals surface area contributed by atoms with Crippen LogP contribution in [0.3, 0.4) is 0 Å². The van der Waals surface area contributed by atoms with E-state index in [-0.39, 0.29) is 11.9 Å². The maximum absolute atomic E-state index is 12.0. The number of para-hydroxylation sites is 1. The number of rotatable bonds is 2. The van der Waals surface area contributed by atoms with Gasteiger partial charge in [0.25, 0.3) is 5.91 Å². The van der Waals surface area contributed by atoms with Gasteiger partial charge in [-0.2, -0.15) is 5.10 Å².